The largest absolute Gasteiger partial charge is 0.416 e. The summed E-state index contributed by atoms with van der Waals surface area (Å²) in [4.78, 5) is 12.6. The number of aliphatic hydroxyl groups is 1. The molecule has 1 aromatic carbocycles. The fourth-order valence-electron chi connectivity index (χ4n) is 2.96. The molecule has 140 valence electrons. The van der Waals surface area contributed by atoms with Crippen LogP contribution in [-0.4, -0.2) is 40.9 Å². The van der Waals surface area contributed by atoms with Crippen LogP contribution in [0.15, 0.2) is 42.7 Å². The number of ether oxygens (including phenoxy) is 1. The molecule has 3 rings (SSSR count). The van der Waals surface area contributed by atoms with Crippen molar-refractivity contribution in [1.82, 2.24) is 9.88 Å². The van der Waals surface area contributed by atoms with Crippen molar-refractivity contribution in [2.24, 2.45) is 0 Å². The number of rotatable bonds is 4. The van der Waals surface area contributed by atoms with Crippen LogP contribution in [0.4, 0.5) is 13.2 Å². The predicted octanol–water partition coefficient (Wildman–Crippen LogP) is 2.77. The second kappa shape index (κ2) is 7.13. The molecule has 0 unspecified atom stereocenters. The molecule has 1 aliphatic heterocycles. The maximum atomic E-state index is 13.3. The van der Waals surface area contributed by atoms with E-state index in [0.29, 0.717) is 26.1 Å². The van der Waals surface area contributed by atoms with E-state index in [1.54, 1.807) is 24.5 Å². The Hall–Kier alpha value is -2.32. The van der Waals surface area contributed by atoms with E-state index in [2.05, 4.69) is 5.32 Å². The van der Waals surface area contributed by atoms with Crippen molar-refractivity contribution in [1.29, 1.82) is 0 Å². The van der Waals surface area contributed by atoms with Crippen LogP contribution in [-0.2, 0) is 10.9 Å². The number of hydrogen-bond donors (Lipinski definition) is 2. The summed E-state index contributed by atoms with van der Waals surface area (Å²) < 4.78 is 46.5. The number of amides is 1. The Morgan fingerprint density at radius 1 is 1.19 bits per heavy atom. The number of aromatic nitrogens is 1. The zero-order valence-corrected chi connectivity index (χ0v) is 13.9. The van der Waals surface area contributed by atoms with Gasteiger partial charge in [0.1, 0.15) is 0 Å². The van der Waals surface area contributed by atoms with Crippen LogP contribution in [0.2, 0.25) is 0 Å². The van der Waals surface area contributed by atoms with Crippen molar-refractivity contribution in [3.63, 3.8) is 0 Å². The molecule has 1 aromatic heterocycles. The Labute approximate surface area is 148 Å². The molecule has 0 aliphatic carbocycles. The summed E-state index contributed by atoms with van der Waals surface area (Å²) in [5.41, 5.74) is -1.65. The van der Waals surface area contributed by atoms with Crippen molar-refractivity contribution >= 4 is 5.91 Å². The highest BCUT2D eigenvalue weighted by molar-refractivity contribution is 5.95. The minimum Gasteiger partial charge on any atom is -0.394 e. The predicted molar refractivity (Wildman–Crippen MR) is 88.1 cm³/mol. The van der Waals surface area contributed by atoms with Crippen molar-refractivity contribution in [2.75, 3.05) is 19.8 Å². The quantitative estimate of drug-likeness (QED) is 0.872. The molecule has 0 radical (unpaired) electrons. The van der Waals surface area contributed by atoms with E-state index >= 15 is 0 Å². The van der Waals surface area contributed by atoms with Gasteiger partial charge in [-0.3, -0.25) is 4.79 Å². The Morgan fingerprint density at radius 2 is 1.85 bits per heavy atom. The lowest BCUT2D eigenvalue weighted by atomic mass is 9.90. The molecule has 0 saturated carbocycles. The number of halogens is 3. The molecular formula is C18H19F3N2O3. The lowest BCUT2D eigenvalue weighted by molar-refractivity contribution is -0.137. The summed E-state index contributed by atoms with van der Waals surface area (Å²) in [5.74, 6) is -0.652. The van der Waals surface area contributed by atoms with E-state index < -0.39 is 23.2 Å². The van der Waals surface area contributed by atoms with E-state index in [9.17, 15) is 23.1 Å². The first-order valence-corrected chi connectivity index (χ1v) is 8.20. The van der Waals surface area contributed by atoms with E-state index in [0.717, 1.165) is 12.1 Å². The number of carbonyl (C=O) groups excluding carboxylic acids is 1. The molecule has 5 nitrogen and oxygen atoms in total. The highest BCUT2D eigenvalue weighted by atomic mass is 19.4. The van der Waals surface area contributed by atoms with Crippen LogP contribution in [0.25, 0.3) is 5.69 Å². The average molecular weight is 368 g/mol. The zero-order valence-electron chi connectivity index (χ0n) is 13.9. The van der Waals surface area contributed by atoms with Gasteiger partial charge in [-0.2, -0.15) is 13.2 Å². The molecule has 8 heteroatoms. The standard InChI is InChI=1S/C18H19F3N2O3/c19-18(20,21)14-9-13(10-15(11-14)23-5-1-2-6-23)16(25)22-17(12-24)3-7-26-8-4-17/h1-2,5-6,9-11,24H,3-4,7-8,12H2,(H,22,25). The van der Waals surface area contributed by atoms with Crippen molar-refractivity contribution in [3.8, 4) is 5.69 Å². The van der Waals surface area contributed by atoms with Gasteiger partial charge in [-0.25, -0.2) is 0 Å². The summed E-state index contributed by atoms with van der Waals surface area (Å²) in [6, 6.07) is 6.58. The Balaban J connectivity index is 1.95. The molecular weight excluding hydrogens is 349 g/mol. The van der Waals surface area contributed by atoms with Crippen LogP contribution in [0.5, 0.6) is 0 Å². The molecule has 0 bridgehead atoms. The molecule has 2 N–H and O–H groups in total. The molecule has 1 aliphatic rings. The Kier molecular flexibility index (Phi) is 5.06. The maximum Gasteiger partial charge on any atom is 0.416 e. The second-order valence-electron chi connectivity index (χ2n) is 6.36. The smallest absolute Gasteiger partial charge is 0.394 e. The van der Waals surface area contributed by atoms with Gasteiger partial charge in [0.15, 0.2) is 0 Å². The van der Waals surface area contributed by atoms with Gasteiger partial charge in [0, 0.05) is 36.9 Å². The SMILES string of the molecule is O=C(NC1(CO)CCOCC1)c1cc(-n2cccc2)cc(C(F)(F)F)c1. The van der Waals surface area contributed by atoms with Crippen molar-refractivity contribution < 1.29 is 27.8 Å². The van der Waals surface area contributed by atoms with E-state index in [1.165, 1.54) is 10.6 Å². The molecule has 2 heterocycles. The molecule has 1 saturated heterocycles. The molecule has 26 heavy (non-hydrogen) atoms. The minimum atomic E-state index is -4.58. The van der Waals surface area contributed by atoms with Gasteiger partial charge in [-0.15, -0.1) is 0 Å². The van der Waals surface area contributed by atoms with E-state index in [1.807, 2.05) is 0 Å². The van der Waals surface area contributed by atoms with Gasteiger partial charge < -0.3 is 19.7 Å². The minimum absolute atomic E-state index is 0.108. The second-order valence-corrected chi connectivity index (χ2v) is 6.36. The first-order chi connectivity index (χ1) is 12.3. The first-order valence-electron chi connectivity index (χ1n) is 8.20. The van der Waals surface area contributed by atoms with Crippen molar-refractivity contribution in [3.05, 3.63) is 53.9 Å². The van der Waals surface area contributed by atoms with E-state index in [-0.39, 0.29) is 17.9 Å². The summed E-state index contributed by atoms with van der Waals surface area (Å²) >= 11 is 0. The third-order valence-electron chi connectivity index (χ3n) is 4.54. The Bertz CT molecular complexity index is 766. The van der Waals surface area contributed by atoms with Crippen LogP contribution in [0.3, 0.4) is 0 Å². The van der Waals surface area contributed by atoms with Crippen LogP contribution in [0.1, 0.15) is 28.8 Å². The monoisotopic (exact) mass is 368 g/mol. The number of aliphatic hydroxyl groups excluding tert-OH is 1. The van der Waals surface area contributed by atoms with Crippen LogP contribution < -0.4 is 5.32 Å². The van der Waals surface area contributed by atoms with Gasteiger partial charge in [0.05, 0.1) is 17.7 Å². The molecule has 1 amide bonds. The fraction of sp³-hybridized carbons (Fsp3) is 0.389. The van der Waals surface area contributed by atoms with Gasteiger partial charge in [0.2, 0.25) is 0 Å². The lowest BCUT2D eigenvalue weighted by Crippen LogP contribution is -2.54. The third kappa shape index (κ3) is 3.91. The summed E-state index contributed by atoms with van der Waals surface area (Å²) in [5, 5.41) is 12.4. The molecule has 2 aromatic rings. The van der Waals surface area contributed by atoms with Gasteiger partial charge in [-0.05, 0) is 43.2 Å². The molecule has 0 atom stereocenters. The molecule has 0 spiro atoms. The third-order valence-corrected chi connectivity index (χ3v) is 4.54. The van der Waals surface area contributed by atoms with E-state index in [4.69, 9.17) is 4.74 Å². The fourth-order valence-corrected chi connectivity index (χ4v) is 2.96. The highest BCUT2D eigenvalue weighted by Gasteiger charge is 2.35. The number of carbonyl (C=O) groups is 1. The topological polar surface area (TPSA) is 63.5 Å². The average Bonchev–Trinajstić information content (AvgIpc) is 3.16. The number of nitrogens with one attached hydrogen (secondary N) is 1. The number of nitrogens with zero attached hydrogens (tertiary/aromatic N) is 1. The first kappa shape index (κ1) is 18.5. The summed E-state index contributed by atoms with van der Waals surface area (Å²) in [7, 11) is 0. The molecule has 1 fully saturated rings. The van der Waals surface area contributed by atoms with Crippen LogP contribution in [0, 0.1) is 0 Å². The Morgan fingerprint density at radius 3 is 2.42 bits per heavy atom. The van der Waals surface area contributed by atoms with Crippen molar-refractivity contribution in [2.45, 2.75) is 24.6 Å². The highest BCUT2D eigenvalue weighted by Crippen LogP contribution is 2.32. The normalized spacial score (nSPS) is 17.1. The zero-order chi connectivity index (χ0) is 18.8. The van der Waals surface area contributed by atoms with Gasteiger partial charge in [0.25, 0.3) is 5.91 Å². The summed E-state index contributed by atoms with van der Waals surface area (Å²) in [6.07, 6.45) is -0.571. The van der Waals surface area contributed by atoms with Crippen LogP contribution >= 0.6 is 0 Å². The number of benzene rings is 1. The van der Waals surface area contributed by atoms with Gasteiger partial charge >= 0.3 is 6.18 Å². The number of hydrogen-bond acceptors (Lipinski definition) is 3. The van der Waals surface area contributed by atoms with Gasteiger partial charge in [-0.1, -0.05) is 0 Å². The summed E-state index contributed by atoms with van der Waals surface area (Å²) in [6.45, 7) is 0.446. The number of alkyl halides is 3. The maximum absolute atomic E-state index is 13.3. The lowest BCUT2D eigenvalue weighted by Gasteiger charge is -2.36.